The van der Waals surface area contributed by atoms with Crippen molar-refractivity contribution in [2.75, 3.05) is 57.4 Å². The summed E-state index contributed by atoms with van der Waals surface area (Å²) in [7, 11) is -3.54. The van der Waals surface area contributed by atoms with E-state index in [2.05, 4.69) is 25.7 Å². The molecule has 1 aromatic carbocycles. The van der Waals surface area contributed by atoms with Gasteiger partial charge in [0.2, 0.25) is 10.0 Å². The van der Waals surface area contributed by atoms with Crippen LogP contribution in [0.2, 0.25) is 0 Å². The van der Waals surface area contributed by atoms with E-state index in [1.807, 2.05) is 17.4 Å². The highest BCUT2D eigenvalue weighted by Crippen LogP contribution is 2.40. The molecule has 192 valence electrons. The molecule has 0 atom stereocenters. The number of hydrogen-bond donors (Lipinski definition) is 0. The van der Waals surface area contributed by atoms with Crippen molar-refractivity contribution in [3.63, 3.8) is 0 Å². The average molecular weight is 593 g/mol. The summed E-state index contributed by atoms with van der Waals surface area (Å²) >= 11 is 5.22. The monoisotopic (exact) mass is 591 g/mol. The molecule has 4 heterocycles. The van der Waals surface area contributed by atoms with Gasteiger partial charge in [0.25, 0.3) is 0 Å². The Morgan fingerprint density at radius 2 is 1.78 bits per heavy atom. The maximum atomic E-state index is 13.3. The minimum Gasteiger partial charge on any atom is -0.379 e. The molecular weight excluding hydrogens is 562 g/mol. The number of aromatic nitrogens is 2. The largest absolute Gasteiger partial charge is 0.379 e. The lowest BCUT2D eigenvalue weighted by Crippen LogP contribution is -2.49. The summed E-state index contributed by atoms with van der Waals surface area (Å²) in [5.74, 6) is 1.84. The van der Waals surface area contributed by atoms with Crippen LogP contribution in [0.25, 0.3) is 10.2 Å². The van der Waals surface area contributed by atoms with E-state index in [9.17, 15) is 8.42 Å². The molecule has 0 amide bonds. The Balaban J connectivity index is 1.29. The van der Waals surface area contributed by atoms with Gasteiger partial charge in [0.05, 0.1) is 30.0 Å². The van der Waals surface area contributed by atoms with E-state index in [-0.39, 0.29) is 0 Å². The number of nitrogens with zero attached hydrogens (tertiary/aromatic N) is 5. The normalized spacial score (nSPS) is 20.1. The van der Waals surface area contributed by atoms with E-state index in [4.69, 9.17) is 14.7 Å². The van der Waals surface area contributed by atoms with Crippen LogP contribution in [0.1, 0.15) is 29.1 Å². The third-order valence-corrected chi connectivity index (χ3v) is 10.9. The molecule has 0 saturated carbocycles. The molecule has 2 aromatic heterocycles. The SMILES string of the molecule is O=S(=O)(c1cccc(Br)c1)N1CCN(c2nc(CN3CCOCC3)nc3sc4c(c23)CCCC4)CC1. The Morgan fingerprint density at radius 1 is 1.00 bits per heavy atom. The Hall–Kier alpha value is -1.63. The first-order valence-corrected chi connectivity index (χ1v) is 15.7. The zero-order valence-electron chi connectivity index (χ0n) is 20.2. The highest BCUT2D eigenvalue weighted by atomic mass is 79.9. The standard InChI is InChI=1S/C25H30BrN5O3S2/c26-18-4-3-5-19(16-18)36(32,33)31-10-8-30(9-11-31)24-23-20-6-1-2-7-21(20)35-25(23)28-22(27-24)17-29-12-14-34-15-13-29/h3-5,16H,1-2,6-15,17H2. The van der Waals surface area contributed by atoms with Gasteiger partial charge in [0, 0.05) is 48.6 Å². The summed E-state index contributed by atoms with van der Waals surface area (Å²) < 4.78 is 34.4. The lowest BCUT2D eigenvalue weighted by atomic mass is 9.97. The van der Waals surface area contributed by atoms with Crippen molar-refractivity contribution in [3.8, 4) is 0 Å². The van der Waals surface area contributed by atoms with Crippen LogP contribution < -0.4 is 4.90 Å². The predicted octanol–water partition coefficient (Wildman–Crippen LogP) is 3.68. The molecule has 1 aliphatic carbocycles. The molecule has 0 bridgehead atoms. The second-order valence-electron chi connectivity index (χ2n) is 9.59. The van der Waals surface area contributed by atoms with E-state index in [0.717, 1.165) is 60.1 Å². The number of morpholine rings is 1. The number of anilines is 1. The summed E-state index contributed by atoms with van der Waals surface area (Å²) in [4.78, 5) is 17.6. The third-order valence-electron chi connectivity index (χ3n) is 7.28. The first-order valence-electron chi connectivity index (χ1n) is 12.6. The Bertz CT molecular complexity index is 1370. The van der Waals surface area contributed by atoms with Gasteiger partial charge in [-0.3, -0.25) is 4.90 Å². The van der Waals surface area contributed by atoms with Gasteiger partial charge >= 0.3 is 0 Å². The van der Waals surface area contributed by atoms with Crippen molar-refractivity contribution in [1.29, 1.82) is 0 Å². The molecule has 3 aromatic rings. The van der Waals surface area contributed by atoms with E-state index in [1.54, 1.807) is 22.5 Å². The van der Waals surface area contributed by atoms with Crippen LogP contribution in [0.4, 0.5) is 5.82 Å². The number of piperazine rings is 1. The lowest BCUT2D eigenvalue weighted by Gasteiger charge is -2.35. The highest BCUT2D eigenvalue weighted by Gasteiger charge is 2.31. The van der Waals surface area contributed by atoms with E-state index in [1.165, 1.54) is 28.7 Å². The van der Waals surface area contributed by atoms with Gasteiger partial charge in [0.1, 0.15) is 16.5 Å². The second kappa shape index (κ2) is 10.3. The fourth-order valence-corrected chi connectivity index (χ4v) is 8.65. The molecule has 11 heteroatoms. The zero-order valence-corrected chi connectivity index (χ0v) is 23.4. The first kappa shape index (κ1) is 24.7. The second-order valence-corrected chi connectivity index (χ2v) is 13.5. The number of thiophene rings is 1. The van der Waals surface area contributed by atoms with Crippen LogP contribution in [0, 0.1) is 0 Å². The summed E-state index contributed by atoms with van der Waals surface area (Å²) in [6, 6.07) is 6.94. The minimum atomic E-state index is -3.54. The maximum Gasteiger partial charge on any atom is 0.243 e. The molecule has 0 unspecified atom stereocenters. The van der Waals surface area contributed by atoms with Gasteiger partial charge in [-0.05, 0) is 49.4 Å². The summed E-state index contributed by atoms with van der Waals surface area (Å²) in [5.41, 5.74) is 1.42. The van der Waals surface area contributed by atoms with Crippen molar-refractivity contribution < 1.29 is 13.2 Å². The van der Waals surface area contributed by atoms with E-state index < -0.39 is 10.0 Å². The van der Waals surface area contributed by atoms with Crippen LogP contribution >= 0.6 is 27.3 Å². The summed E-state index contributed by atoms with van der Waals surface area (Å²) in [6.07, 6.45) is 4.63. The summed E-state index contributed by atoms with van der Waals surface area (Å²) in [5, 5.41) is 1.20. The molecule has 6 rings (SSSR count). The average Bonchev–Trinajstić information content (AvgIpc) is 3.27. The van der Waals surface area contributed by atoms with Gasteiger partial charge in [0.15, 0.2) is 0 Å². The molecular formula is C25H30BrN5O3S2. The Morgan fingerprint density at radius 3 is 2.56 bits per heavy atom. The number of rotatable bonds is 5. The number of ether oxygens (including phenoxy) is 1. The van der Waals surface area contributed by atoms with Crippen molar-refractivity contribution in [2.45, 2.75) is 37.1 Å². The molecule has 36 heavy (non-hydrogen) atoms. The number of aryl methyl sites for hydroxylation is 2. The topological polar surface area (TPSA) is 78.9 Å². The lowest BCUT2D eigenvalue weighted by molar-refractivity contribution is 0.0331. The van der Waals surface area contributed by atoms with Crippen molar-refractivity contribution in [1.82, 2.24) is 19.2 Å². The molecule has 0 spiro atoms. The molecule has 8 nitrogen and oxygen atoms in total. The smallest absolute Gasteiger partial charge is 0.243 e. The van der Waals surface area contributed by atoms with Crippen molar-refractivity contribution in [3.05, 3.63) is 45.0 Å². The number of fused-ring (bicyclic) bond motifs is 3. The van der Waals surface area contributed by atoms with E-state index >= 15 is 0 Å². The number of halogens is 1. The number of hydrogen-bond acceptors (Lipinski definition) is 8. The zero-order chi connectivity index (χ0) is 24.7. The molecule has 0 N–H and O–H groups in total. The van der Waals surface area contributed by atoms with Gasteiger partial charge in [-0.25, -0.2) is 18.4 Å². The third kappa shape index (κ3) is 4.81. The van der Waals surface area contributed by atoms with Gasteiger partial charge in [-0.1, -0.05) is 22.0 Å². The first-order chi connectivity index (χ1) is 17.5. The molecule has 2 saturated heterocycles. The quantitative estimate of drug-likeness (QED) is 0.448. The van der Waals surface area contributed by atoms with Crippen LogP contribution in [0.5, 0.6) is 0 Å². The van der Waals surface area contributed by atoms with Crippen molar-refractivity contribution in [2.24, 2.45) is 0 Å². The maximum absolute atomic E-state index is 13.3. The fourth-order valence-electron chi connectivity index (χ4n) is 5.36. The van der Waals surface area contributed by atoms with Crippen LogP contribution in [0.15, 0.2) is 33.6 Å². The van der Waals surface area contributed by atoms with E-state index in [0.29, 0.717) is 37.6 Å². The van der Waals surface area contributed by atoms with Crippen LogP contribution in [-0.4, -0.2) is 80.1 Å². The molecule has 0 radical (unpaired) electrons. The van der Waals surface area contributed by atoms with Gasteiger partial charge in [-0.2, -0.15) is 4.31 Å². The summed E-state index contributed by atoms with van der Waals surface area (Å²) in [6.45, 7) is 6.09. The fraction of sp³-hybridized carbons (Fsp3) is 0.520. The van der Waals surface area contributed by atoms with Crippen molar-refractivity contribution >= 4 is 53.3 Å². The van der Waals surface area contributed by atoms with Gasteiger partial charge < -0.3 is 9.64 Å². The highest BCUT2D eigenvalue weighted by molar-refractivity contribution is 9.10. The Labute approximate surface area is 224 Å². The van der Waals surface area contributed by atoms with Gasteiger partial charge in [-0.15, -0.1) is 11.3 Å². The molecule has 3 aliphatic rings. The number of benzene rings is 1. The van der Waals surface area contributed by atoms with Crippen LogP contribution in [0.3, 0.4) is 0 Å². The Kier molecular flexibility index (Phi) is 7.04. The minimum absolute atomic E-state index is 0.328. The predicted molar refractivity (Wildman–Crippen MR) is 145 cm³/mol. The molecule has 2 fully saturated rings. The van der Waals surface area contributed by atoms with Crippen LogP contribution in [-0.2, 0) is 34.1 Å². The molecule has 2 aliphatic heterocycles. The number of sulfonamides is 1.